The van der Waals surface area contributed by atoms with Gasteiger partial charge in [-0.3, -0.25) is 9.59 Å². The van der Waals surface area contributed by atoms with Crippen molar-refractivity contribution in [2.45, 2.75) is 37.1 Å². The van der Waals surface area contributed by atoms with E-state index in [4.69, 9.17) is 4.74 Å². The van der Waals surface area contributed by atoms with Gasteiger partial charge in [-0.05, 0) is 56.3 Å². The Morgan fingerprint density at radius 3 is 2.42 bits per heavy atom. The van der Waals surface area contributed by atoms with Gasteiger partial charge in [0.05, 0.1) is 18.0 Å². The summed E-state index contributed by atoms with van der Waals surface area (Å²) in [6, 6.07) is 15.7. The molecule has 0 aliphatic carbocycles. The molecule has 0 saturated carbocycles. The topological polar surface area (TPSA) is 90.5 Å². The van der Waals surface area contributed by atoms with Crippen LogP contribution < -0.4 is 4.74 Å². The minimum absolute atomic E-state index is 0.0402. The largest absolute Gasteiger partial charge is 0.493 e. The van der Waals surface area contributed by atoms with Gasteiger partial charge in [0.1, 0.15) is 5.75 Å². The molecule has 5 rings (SSSR count). The lowest BCUT2D eigenvalue weighted by molar-refractivity contribution is -0.137. The van der Waals surface area contributed by atoms with E-state index in [2.05, 4.69) is 11.9 Å². The van der Waals surface area contributed by atoms with Gasteiger partial charge >= 0.3 is 0 Å². The molecule has 2 aromatic rings. The lowest BCUT2D eigenvalue weighted by Gasteiger charge is -2.40. The van der Waals surface area contributed by atoms with Crippen LogP contribution in [0.1, 0.15) is 31.2 Å². The van der Waals surface area contributed by atoms with E-state index < -0.39 is 10.0 Å². The van der Waals surface area contributed by atoms with Gasteiger partial charge in [-0.2, -0.15) is 4.31 Å². The van der Waals surface area contributed by atoms with Gasteiger partial charge in [0.15, 0.2) is 0 Å². The first-order chi connectivity index (χ1) is 19.3. The Hall–Kier alpha value is -2.95. The second kappa shape index (κ2) is 12.7. The third kappa shape index (κ3) is 6.67. The molecule has 2 aromatic carbocycles. The zero-order valence-electron chi connectivity index (χ0n) is 23.3. The molecule has 0 unspecified atom stereocenters. The summed E-state index contributed by atoms with van der Waals surface area (Å²) in [5.74, 6) is 0.982. The van der Waals surface area contributed by atoms with Crippen LogP contribution in [0.4, 0.5) is 0 Å². The minimum Gasteiger partial charge on any atom is -0.493 e. The first kappa shape index (κ1) is 28.6. The number of fused-ring (bicyclic) bond motifs is 3. The molecule has 3 heterocycles. The van der Waals surface area contributed by atoms with Crippen molar-refractivity contribution in [3.05, 3.63) is 60.2 Å². The quantitative estimate of drug-likeness (QED) is 0.564. The van der Waals surface area contributed by atoms with Gasteiger partial charge < -0.3 is 19.4 Å². The number of carbonyl (C=O) groups excluding carboxylic acids is 2. The summed E-state index contributed by atoms with van der Waals surface area (Å²) < 4.78 is 34.8. The van der Waals surface area contributed by atoms with Gasteiger partial charge in [-0.25, -0.2) is 8.42 Å². The molecule has 10 heteroatoms. The Kier molecular flexibility index (Phi) is 9.07. The number of rotatable bonds is 4. The van der Waals surface area contributed by atoms with Crippen molar-refractivity contribution in [2.75, 3.05) is 59.5 Å². The number of benzene rings is 2. The lowest BCUT2D eigenvalue weighted by Crippen LogP contribution is -2.50. The zero-order valence-corrected chi connectivity index (χ0v) is 24.1. The highest BCUT2D eigenvalue weighted by atomic mass is 32.2. The lowest BCUT2D eigenvalue weighted by atomic mass is 9.80. The number of amides is 2. The molecule has 9 nitrogen and oxygen atoms in total. The second-order valence-corrected chi connectivity index (χ2v) is 13.2. The number of hydrogen-bond acceptors (Lipinski definition) is 6. The van der Waals surface area contributed by atoms with Crippen molar-refractivity contribution in [3.8, 4) is 5.75 Å². The molecule has 2 atom stereocenters. The molecule has 40 heavy (non-hydrogen) atoms. The van der Waals surface area contributed by atoms with Gasteiger partial charge in [-0.1, -0.05) is 36.4 Å². The molecule has 0 aromatic heterocycles. The van der Waals surface area contributed by atoms with E-state index >= 15 is 0 Å². The average molecular weight is 569 g/mol. The maximum Gasteiger partial charge on any atom is 0.243 e. The molecule has 3 aliphatic rings. The summed E-state index contributed by atoms with van der Waals surface area (Å²) in [4.78, 5) is 33.0. The van der Waals surface area contributed by atoms with Crippen molar-refractivity contribution >= 4 is 21.8 Å². The average Bonchev–Trinajstić information content (AvgIpc) is 2.97. The van der Waals surface area contributed by atoms with Crippen LogP contribution in [0, 0.1) is 11.8 Å². The van der Waals surface area contributed by atoms with Gasteiger partial charge in [-0.15, -0.1) is 0 Å². The van der Waals surface area contributed by atoms with Crippen LogP contribution in [0.2, 0.25) is 0 Å². The molecule has 216 valence electrons. The highest BCUT2D eigenvalue weighted by molar-refractivity contribution is 7.89. The van der Waals surface area contributed by atoms with Crippen molar-refractivity contribution in [3.63, 3.8) is 0 Å². The monoisotopic (exact) mass is 568 g/mol. The van der Waals surface area contributed by atoms with Gasteiger partial charge in [0, 0.05) is 57.8 Å². The molecule has 0 radical (unpaired) electrons. The summed E-state index contributed by atoms with van der Waals surface area (Å²) in [6.07, 6.45) is 2.88. The zero-order chi connectivity index (χ0) is 28.1. The van der Waals surface area contributed by atoms with E-state index in [0.29, 0.717) is 31.9 Å². The number of nitrogens with zero attached hydrogens (tertiary/aromatic N) is 4. The first-order valence-corrected chi connectivity index (χ1v) is 15.8. The fourth-order valence-electron chi connectivity index (χ4n) is 6.02. The van der Waals surface area contributed by atoms with E-state index in [0.717, 1.165) is 51.0 Å². The maximum absolute atomic E-state index is 13.7. The second-order valence-electron chi connectivity index (χ2n) is 11.2. The van der Waals surface area contributed by atoms with Crippen molar-refractivity contribution in [1.82, 2.24) is 19.0 Å². The third-order valence-corrected chi connectivity index (χ3v) is 10.3. The van der Waals surface area contributed by atoms with Crippen LogP contribution in [-0.4, -0.2) is 98.7 Å². The van der Waals surface area contributed by atoms with Crippen LogP contribution >= 0.6 is 0 Å². The molecular weight excluding hydrogens is 528 g/mol. The van der Waals surface area contributed by atoms with Crippen LogP contribution in [0.15, 0.2) is 59.5 Å². The Morgan fingerprint density at radius 2 is 1.65 bits per heavy atom. The van der Waals surface area contributed by atoms with Gasteiger partial charge in [0.2, 0.25) is 21.8 Å². The number of hydrogen-bond donors (Lipinski definition) is 0. The summed E-state index contributed by atoms with van der Waals surface area (Å²) in [7, 11) is -1.85. The van der Waals surface area contributed by atoms with Crippen LogP contribution in [0.25, 0.3) is 0 Å². The highest BCUT2D eigenvalue weighted by Crippen LogP contribution is 2.32. The third-order valence-electron chi connectivity index (χ3n) is 8.53. The molecule has 2 fully saturated rings. The molecule has 3 aliphatic heterocycles. The van der Waals surface area contributed by atoms with E-state index in [1.54, 1.807) is 35.2 Å². The standard InChI is InChI=1S/C30H40N4O5S/c1-31-15-17-32(18-16-31)29(35)20-24-13-14-33-21-25(24)9-7-19-39-28-12-6-5-8-26(28)22-34(23-30(33)36)40(37,38)27-10-3-2-4-11-27/h2-6,8,10-12,24-25H,7,9,13-23H2,1H3/t24-,25-/m0/s1. The van der Waals surface area contributed by atoms with Crippen LogP contribution in [-0.2, 0) is 26.2 Å². The molecule has 2 amide bonds. The van der Waals surface area contributed by atoms with E-state index in [1.807, 2.05) is 29.2 Å². The van der Waals surface area contributed by atoms with E-state index in [-0.39, 0.29) is 41.6 Å². The van der Waals surface area contributed by atoms with Crippen molar-refractivity contribution in [2.24, 2.45) is 11.8 Å². The predicted octanol–water partition coefficient (Wildman–Crippen LogP) is 2.68. The Labute approximate surface area is 237 Å². The number of para-hydroxylation sites is 1. The molecule has 2 saturated heterocycles. The SMILES string of the molecule is CN1CCN(C(=O)C[C@@H]2CCN3C[C@@H]2CCCOc2ccccc2CN(S(=O)(=O)c2ccccc2)CC3=O)CC1. The highest BCUT2D eigenvalue weighted by Gasteiger charge is 2.36. The molecular formula is C30H40N4O5S. The Balaban J connectivity index is 1.37. The minimum atomic E-state index is -3.93. The molecule has 0 N–H and O–H groups in total. The fourth-order valence-corrected chi connectivity index (χ4v) is 7.41. The van der Waals surface area contributed by atoms with Crippen molar-refractivity contribution in [1.29, 1.82) is 0 Å². The van der Waals surface area contributed by atoms with Gasteiger partial charge in [0.25, 0.3) is 0 Å². The maximum atomic E-state index is 13.7. The summed E-state index contributed by atoms with van der Waals surface area (Å²) >= 11 is 0. The van der Waals surface area contributed by atoms with Crippen molar-refractivity contribution < 1.29 is 22.7 Å². The summed E-state index contributed by atoms with van der Waals surface area (Å²) in [6.45, 7) is 4.65. The Morgan fingerprint density at radius 1 is 0.925 bits per heavy atom. The number of likely N-dealkylation sites (N-methyl/N-ethyl adjacent to an activating group) is 1. The normalized spacial score (nSPS) is 23.8. The van der Waals surface area contributed by atoms with Crippen LogP contribution in [0.3, 0.4) is 0 Å². The molecule has 0 spiro atoms. The number of sulfonamides is 1. The van der Waals surface area contributed by atoms with E-state index in [1.165, 1.54) is 4.31 Å². The number of piperazine rings is 1. The van der Waals surface area contributed by atoms with E-state index in [9.17, 15) is 18.0 Å². The predicted molar refractivity (Wildman–Crippen MR) is 152 cm³/mol. The number of piperidine rings is 1. The number of ether oxygens (including phenoxy) is 1. The Bertz CT molecular complexity index is 1280. The number of carbonyl (C=O) groups is 2. The molecule has 2 bridgehead atoms. The fraction of sp³-hybridized carbons (Fsp3) is 0.533. The summed E-state index contributed by atoms with van der Waals surface area (Å²) in [5.41, 5.74) is 0.725. The summed E-state index contributed by atoms with van der Waals surface area (Å²) in [5, 5.41) is 0. The first-order valence-electron chi connectivity index (χ1n) is 14.3. The smallest absolute Gasteiger partial charge is 0.243 e. The van der Waals surface area contributed by atoms with Crippen LogP contribution in [0.5, 0.6) is 5.75 Å².